The van der Waals surface area contributed by atoms with E-state index in [1.165, 1.54) is 0 Å². The number of nitrogens with one attached hydrogen (secondary N) is 1. The highest BCUT2D eigenvalue weighted by atomic mass is 16.4. The van der Waals surface area contributed by atoms with Crippen molar-refractivity contribution in [1.29, 1.82) is 0 Å². The number of carbonyl (C=O) groups is 2. The molecule has 7 heteroatoms. The number of carboxylic acid groups (broad SMARTS) is 2. The lowest BCUT2D eigenvalue weighted by Crippen LogP contribution is -2.36. The van der Waals surface area contributed by atoms with Gasteiger partial charge < -0.3 is 15.9 Å². The van der Waals surface area contributed by atoms with Gasteiger partial charge in [0.05, 0.1) is 5.92 Å². The number of aliphatic imine (C=N–C) groups is 1. The SMILES string of the molecule is NC(=NCC1CCC(C(=O)O)CC1)NC(=O)O. The zero-order valence-corrected chi connectivity index (χ0v) is 9.43. The first-order chi connectivity index (χ1) is 7.99. The Morgan fingerprint density at radius 3 is 2.29 bits per heavy atom. The Bertz CT molecular complexity index is 322. The van der Waals surface area contributed by atoms with Gasteiger partial charge in [-0.15, -0.1) is 0 Å². The lowest BCUT2D eigenvalue weighted by atomic mass is 9.82. The maximum Gasteiger partial charge on any atom is 0.411 e. The summed E-state index contributed by atoms with van der Waals surface area (Å²) >= 11 is 0. The molecule has 0 unspecified atom stereocenters. The van der Waals surface area contributed by atoms with Crippen LogP contribution in [0.3, 0.4) is 0 Å². The monoisotopic (exact) mass is 243 g/mol. The summed E-state index contributed by atoms with van der Waals surface area (Å²) in [6.45, 7) is 0.443. The minimum atomic E-state index is -1.24. The van der Waals surface area contributed by atoms with Gasteiger partial charge in [-0.25, -0.2) is 4.79 Å². The zero-order valence-electron chi connectivity index (χ0n) is 9.43. The van der Waals surface area contributed by atoms with E-state index in [9.17, 15) is 9.59 Å². The van der Waals surface area contributed by atoms with Crippen LogP contribution in [0.25, 0.3) is 0 Å². The molecule has 1 amide bonds. The first-order valence-corrected chi connectivity index (χ1v) is 5.51. The van der Waals surface area contributed by atoms with Crippen molar-refractivity contribution < 1.29 is 19.8 Å². The molecule has 7 nitrogen and oxygen atoms in total. The van der Waals surface area contributed by atoms with Gasteiger partial charge in [0, 0.05) is 6.54 Å². The van der Waals surface area contributed by atoms with Crippen LogP contribution < -0.4 is 11.1 Å². The Hall–Kier alpha value is -1.79. The van der Waals surface area contributed by atoms with Crippen molar-refractivity contribution in [3.05, 3.63) is 0 Å². The van der Waals surface area contributed by atoms with E-state index >= 15 is 0 Å². The Morgan fingerprint density at radius 1 is 1.24 bits per heavy atom. The van der Waals surface area contributed by atoms with Crippen molar-refractivity contribution in [3.63, 3.8) is 0 Å². The van der Waals surface area contributed by atoms with E-state index in [0.717, 1.165) is 12.8 Å². The summed E-state index contributed by atoms with van der Waals surface area (Å²) in [7, 11) is 0. The fraction of sp³-hybridized carbons (Fsp3) is 0.700. The second kappa shape index (κ2) is 6.07. The van der Waals surface area contributed by atoms with E-state index in [2.05, 4.69) is 4.99 Å². The molecule has 1 saturated carbocycles. The molecule has 0 atom stereocenters. The maximum atomic E-state index is 10.7. The third-order valence-corrected chi connectivity index (χ3v) is 2.95. The van der Waals surface area contributed by atoms with Crippen molar-refractivity contribution in [2.45, 2.75) is 25.7 Å². The quantitative estimate of drug-likeness (QED) is 0.423. The van der Waals surface area contributed by atoms with E-state index < -0.39 is 12.1 Å². The minimum Gasteiger partial charge on any atom is -0.481 e. The molecule has 5 N–H and O–H groups in total. The molecule has 1 aliphatic carbocycles. The standard InChI is InChI=1S/C10H17N3O4/c11-9(13-10(16)17)12-5-6-1-3-7(4-2-6)8(14)15/h6-7H,1-5H2,(H,14,15)(H,16,17)(H3,11,12,13). The molecule has 0 aliphatic heterocycles. The van der Waals surface area contributed by atoms with Crippen LogP contribution >= 0.6 is 0 Å². The molecule has 1 aliphatic rings. The molecule has 0 aromatic heterocycles. The smallest absolute Gasteiger partial charge is 0.411 e. The first-order valence-electron chi connectivity index (χ1n) is 5.51. The molecule has 17 heavy (non-hydrogen) atoms. The lowest BCUT2D eigenvalue weighted by molar-refractivity contribution is -0.143. The minimum absolute atomic E-state index is 0.113. The average molecular weight is 243 g/mol. The molecule has 0 saturated heterocycles. The Balaban J connectivity index is 2.31. The van der Waals surface area contributed by atoms with Crippen LogP contribution in [-0.2, 0) is 4.79 Å². The van der Waals surface area contributed by atoms with Crippen LogP contribution in [0.5, 0.6) is 0 Å². The molecule has 0 aromatic rings. The van der Waals surface area contributed by atoms with E-state index in [1.807, 2.05) is 5.32 Å². The van der Waals surface area contributed by atoms with Crippen molar-refractivity contribution in [1.82, 2.24) is 5.32 Å². The summed E-state index contributed by atoms with van der Waals surface area (Å²) in [6.07, 6.45) is 1.66. The summed E-state index contributed by atoms with van der Waals surface area (Å²) < 4.78 is 0. The van der Waals surface area contributed by atoms with E-state index in [-0.39, 0.29) is 11.9 Å². The number of aliphatic carboxylic acids is 1. The Morgan fingerprint density at radius 2 is 1.82 bits per heavy atom. The summed E-state index contributed by atoms with van der Waals surface area (Å²) in [6, 6.07) is 0. The van der Waals surface area contributed by atoms with E-state index in [1.54, 1.807) is 0 Å². The van der Waals surface area contributed by atoms with E-state index in [4.69, 9.17) is 15.9 Å². The van der Waals surface area contributed by atoms with Gasteiger partial charge in [0.25, 0.3) is 0 Å². The van der Waals surface area contributed by atoms with Gasteiger partial charge in [-0.05, 0) is 31.6 Å². The predicted molar refractivity (Wildman–Crippen MR) is 60.7 cm³/mol. The number of amides is 1. The van der Waals surface area contributed by atoms with Gasteiger partial charge >= 0.3 is 12.1 Å². The molecule has 1 fully saturated rings. The van der Waals surface area contributed by atoms with Crippen LogP contribution in [-0.4, -0.2) is 34.8 Å². The highest BCUT2D eigenvalue weighted by Gasteiger charge is 2.25. The molecule has 0 spiro atoms. The van der Waals surface area contributed by atoms with Gasteiger partial charge in [-0.2, -0.15) is 0 Å². The predicted octanol–water partition coefficient (Wildman–Crippen LogP) is 0.460. The van der Waals surface area contributed by atoms with Crippen LogP contribution in [0.2, 0.25) is 0 Å². The highest BCUT2D eigenvalue weighted by molar-refractivity contribution is 5.91. The van der Waals surface area contributed by atoms with Gasteiger partial charge in [-0.3, -0.25) is 15.1 Å². The number of nitrogens with zero attached hydrogens (tertiary/aromatic N) is 1. The van der Waals surface area contributed by atoms with E-state index in [0.29, 0.717) is 25.3 Å². The molecule has 0 aromatic carbocycles. The summed E-state index contributed by atoms with van der Waals surface area (Å²) in [5.41, 5.74) is 5.33. The second-order valence-electron chi connectivity index (χ2n) is 4.21. The van der Waals surface area contributed by atoms with Crippen molar-refractivity contribution in [2.75, 3.05) is 6.54 Å². The Labute approximate surface area is 98.7 Å². The van der Waals surface area contributed by atoms with Crippen molar-refractivity contribution in [3.8, 4) is 0 Å². The second-order valence-corrected chi connectivity index (χ2v) is 4.21. The molecule has 0 bridgehead atoms. The zero-order chi connectivity index (χ0) is 12.8. The van der Waals surface area contributed by atoms with Gasteiger partial charge in [-0.1, -0.05) is 0 Å². The Kier molecular flexibility index (Phi) is 4.74. The normalized spacial score (nSPS) is 25.3. The number of hydrogen-bond donors (Lipinski definition) is 4. The molecule has 96 valence electrons. The van der Waals surface area contributed by atoms with Crippen molar-refractivity contribution >= 4 is 18.0 Å². The third kappa shape index (κ3) is 4.71. The van der Waals surface area contributed by atoms with Crippen LogP contribution in [0.15, 0.2) is 4.99 Å². The number of guanidine groups is 1. The van der Waals surface area contributed by atoms with Gasteiger partial charge in [0.2, 0.25) is 0 Å². The molecule has 1 rings (SSSR count). The van der Waals surface area contributed by atoms with Crippen LogP contribution in [0.1, 0.15) is 25.7 Å². The van der Waals surface area contributed by atoms with Crippen molar-refractivity contribution in [2.24, 2.45) is 22.6 Å². The van der Waals surface area contributed by atoms with Gasteiger partial charge in [0.1, 0.15) is 0 Å². The lowest BCUT2D eigenvalue weighted by Gasteiger charge is -2.24. The number of hydrogen-bond acceptors (Lipinski definition) is 3. The number of rotatable bonds is 3. The highest BCUT2D eigenvalue weighted by Crippen LogP contribution is 2.28. The average Bonchev–Trinajstić information content (AvgIpc) is 2.26. The largest absolute Gasteiger partial charge is 0.481 e. The summed E-state index contributed by atoms with van der Waals surface area (Å²) in [5, 5.41) is 19.2. The van der Waals surface area contributed by atoms with Gasteiger partial charge in [0.15, 0.2) is 5.96 Å². The summed E-state index contributed by atoms with van der Waals surface area (Å²) in [5.74, 6) is -0.804. The fourth-order valence-corrected chi connectivity index (χ4v) is 1.97. The number of nitrogens with two attached hydrogens (primary N) is 1. The topological polar surface area (TPSA) is 125 Å². The molecule has 0 heterocycles. The molecule has 0 radical (unpaired) electrons. The molecular formula is C10H17N3O4. The fourth-order valence-electron chi connectivity index (χ4n) is 1.97. The summed E-state index contributed by atoms with van der Waals surface area (Å²) in [4.78, 5) is 24.9. The first kappa shape index (κ1) is 13.3. The number of carboxylic acids is 1. The van der Waals surface area contributed by atoms with Crippen LogP contribution in [0.4, 0.5) is 4.79 Å². The van der Waals surface area contributed by atoms with Crippen LogP contribution in [0, 0.1) is 11.8 Å². The third-order valence-electron chi connectivity index (χ3n) is 2.95. The molecular weight excluding hydrogens is 226 g/mol. The maximum absolute atomic E-state index is 10.7.